The van der Waals surface area contributed by atoms with Gasteiger partial charge in [0.05, 0.1) is 0 Å². The van der Waals surface area contributed by atoms with E-state index < -0.39 is 5.91 Å². The number of rotatable bonds is 5. The van der Waals surface area contributed by atoms with E-state index in [-0.39, 0.29) is 5.56 Å². The van der Waals surface area contributed by atoms with Crippen LogP contribution < -0.4 is 10.9 Å². The molecule has 158 valence electrons. The third-order valence-electron chi connectivity index (χ3n) is 5.66. The van der Waals surface area contributed by atoms with Gasteiger partial charge in [-0.3, -0.25) is 9.59 Å². The van der Waals surface area contributed by atoms with Crippen molar-refractivity contribution in [3.05, 3.63) is 86.3 Å². The summed E-state index contributed by atoms with van der Waals surface area (Å²) in [5, 5.41) is 2.73. The number of nitrogens with zero attached hydrogens (tertiary/aromatic N) is 1. The first kappa shape index (κ1) is 22.1. The SMILES string of the molecule is C#CC(=O)Nc1ccc(Cc2c(C)cc(C)cc2C)c(-c2cc(CC)c(=O)n(C)c2)c1. The second-order valence-corrected chi connectivity index (χ2v) is 8.05. The van der Waals surface area contributed by atoms with E-state index >= 15 is 0 Å². The van der Waals surface area contributed by atoms with Gasteiger partial charge in [-0.2, -0.15) is 0 Å². The summed E-state index contributed by atoms with van der Waals surface area (Å²) < 4.78 is 1.62. The van der Waals surface area contributed by atoms with Crippen LogP contribution in [0.3, 0.4) is 0 Å². The second kappa shape index (κ2) is 9.06. The zero-order valence-corrected chi connectivity index (χ0v) is 18.8. The zero-order chi connectivity index (χ0) is 22.7. The van der Waals surface area contributed by atoms with E-state index in [4.69, 9.17) is 6.42 Å². The Morgan fingerprint density at radius 2 is 1.74 bits per heavy atom. The molecule has 0 aliphatic carbocycles. The summed E-state index contributed by atoms with van der Waals surface area (Å²) in [6.45, 7) is 8.36. The van der Waals surface area contributed by atoms with Crippen LogP contribution in [0.5, 0.6) is 0 Å². The summed E-state index contributed by atoms with van der Waals surface area (Å²) in [6.07, 6.45) is 8.47. The monoisotopic (exact) mass is 412 g/mol. The maximum atomic E-state index is 12.4. The van der Waals surface area contributed by atoms with Crippen LogP contribution in [0.4, 0.5) is 5.69 Å². The molecule has 4 nitrogen and oxygen atoms in total. The number of hydrogen-bond donors (Lipinski definition) is 1. The highest BCUT2D eigenvalue weighted by Crippen LogP contribution is 2.31. The van der Waals surface area contributed by atoms with Crippen molar-refractivity contribution in [2.24, 2.45) is 7.05 Å². The first-order valence-electron chi connectivity index (χ1n) is 10.4. The Morgan fingerprint density at radius 1 is 1.06 bits per heavy atom. The van der Waals surface area contributed by atoms with E-state index in [9.17, 15) is 9.59 Å². The molecule has 0 bridgehead atoms. The van der Waals surface area contributed by atoms with Gasteiger partial charge >= 0.3 is 0 Å². The van der Waals surface area contributed by atoms with Crippen molar-refractivity contribution in [3.8, 4) is 23.5 Å². The molecule has 3 aromatic rings. The molecule has 0 aliphatic rings. The lowest BCUT2D eigenvalue weighted by Crippen LogP contribution is -2.20. The van der Waals surface area contributed by atoms with Crippen LogP contribution >= 0.6 is 0 Å². The normalized spacial score (nSPS) is 10.6. The number of hydrogen-bond acceptors (Lipinski definition) is 2. The predicted molar refractivity (Wildman–Crippen MR) is 127 cm³/mol. The molecule has 0 unspecified atom stereocenters. The molecule has 0 radical (unpaired) electrons. The summed E-state index contributed by atoms with van der Waals surface area (Å²) in [5.74, 6) is 1.60. The summed E-state index contributed by atoms with van der Waals surface area (Å²) in [4.78, 5) is 24.1. The fourth-order valence-corrected chi connectivity index (χ4v) is 4.10. The van der Waals surface area contributed by atoms with Crippen molar-refractivity contribution in [1.29, 1.82) is 0 Å². The topological polar surface area (TPSA) is 51.1 Å². The Hall–Kier alpha value is -3.58. The number of aryl methyl sites for hydroxylation is 5. The summed E-state index contributed by atoms with van der Waals surface area (Å²) >= 11 is 0. The summed E-state index contributed by atoms with van der Waals surface area (Å²) in [6, 6.07) is 12.2. The molecule has 0 spiro atoms. The zero-order valence-electron chi connectivity index (χ0n) is 18.8. The summed E-state index contributed by atoms with van der Waals surface area (Å²) in [7, 11) is 1.77. The molecule has 0 saturated carbocycles. The molecule has 0 saturated heterocycles. The van der Waals surface area contributed by atoms with Crippen molar-refractivity contribution >= 4 is 11.6 Å². The number of benzene rings is 2. The van der Waals surface area contributed by atoms with Gasteiger partial charge in [0.25, 0.3) is 11.5 Å². The standard InChI is InChI=1S/C27H28N2O2/c1-7-20-13-22(16-29(6)27(20)31)25-15-23(28-26(30)8-2)10-9-21(25)14-24-18(4)11-17(3)12-19(24)5/h2,9-13,15-16H,7,14H2,1,3-6H3,(H,28,30). The van der Waals surface area contributed by atoms with E-state index in [0.717, 1.165) is 28.7 Å². The number of nitrogens with one attached hydrogen (secondary N) is 1. The molecule has 0 atom stereocenters. The lowest BCUT2D eigenvalue weighted by molar-refractivity contribution is -0.111. The molecule has 31 heavy (non-hydrogen) atoms. The molecule has 0 aliphatic heterocycles. The van der Waals surface area contributed by atoms with Crippen LogP contribution in [-0.2, 0) is 24.7 Å². The third-order valence-corrected chi connectivity index (χ3v) is 5.66. The van der Waals surface area contributed by atoms with Gasteiger partial charge in [-0.05, 0) is 91.1 Å². The molecule has 1 heterocycles. The van der Waals surface area contributed by atoms with Crippen molar-refractivity contribution in [2.45, 2.75) is 40.5 Å². The number of carbonyl (C=O) groups excluding carboxylic acids is 1. The molecular weight excluding hydrogens is 384 g/mol. The number of aromatic nitrogens is 1. The second-order valence-electron chi connectivity index (χ2n) is 8.05. The average Bonchev–Trinajstić information content (AvgIpc) is 2.73. The Kier molecular flexibility index (Phi) is 6.46. The van der Waals surface area contributed by atoms with Crippen molar-refractivity contribution in [2.75, 3.05) is 5.32 Å². The minimum absolute atomic E-state index is 0.00909. The van der Waals surface area contributed by atoms with E-state index in [1.54, 1.807) is 11.6 Å². The number of carbonyl (C=O) groups is 1. The van der Waals surface area contributed by atoms with Crippen LogP contribution in [0.25, 0.3) is 11.1 Å². The van der Waals surface area contributed by atoms with Gasteiger partial charge in [-0.25, -0.2) is 0 Å². The maximum absolute atomic E-state index is 12.4. The van der Waals surface area contributed by atoms with Gasteiger partial charge < -0.3 is 9.88 Å². The van der Waals surface area contributed by atoms with Crippen molar-refractivity contribution in [1.82, 2.24) is 4.57 Å². The van der Waals surface area contributed by atoms with Crippen LogP contribution in [0.15, 0.2) is 47.4 Å². The van der Waals surface area contributed by atoms with Crippen LogP contribution in [-0.4, -0.2) is 10.5 Å². The number of anilines is 1. The fraction of sp³-hybridized carbons (Fsp3) is 0.259. The first-order chi connectivity index (χ1) is 14.7. The van der Waals surface area contributed by atoms with Crippen LogP contribution in [0.1, 0.15) is 40.3 Å². The third kappa shape index (κ3) is 4.78. The van der Waals surface area contributed by atoms with Gasteiger partial charge in [-0.1, -0.05) is 30.7 Å². The highest BCUT2D eigenvalue weighted by molar-refractivity contribution is 6.03. The molecule has 0 fully saturated rings. The number of pyridine rings is 1. The highest BCUT2D eigenvalue weighted by Gasteiger charge is 2.14. The summed E-state index contributed by atoms with van der Waals surface area (Å²) in [5.41, 5.74) is 9.46. The lowest BCUT2D eigenvalue weighted by atomic mass is 9.90. The number of terminal acetylenes is 1. The van der Waals surface area contributed by atoms with Gasteiger partial charge in [0.2, 0.25) is 0 Å². The highest BCUT2D eigenvalue weighted by atomic mass is 16.1. The fourth-order valence-electron chi connectivity index (χ4n) is 4.10. The van der Waals surface area contributed by atoms with Gasteiger partial charge in [0.15, 0.2) is 0 Å². The molecular formula is C27H28N2O2. The molecule has 1 amide bonds. The Balaban J connectivity index is 2.19. The van der Waals surface area contributed by atoms with E-state index in [1.165, 1.54) is 22.3 Å². The van der Waals surface area contributed by atoms with Gasteiger partial charge in [0.1, 0.15) is 0 Å². The molecule has 3 rings (SSSR count). The molecule has 1 N–H and O–H groups in total. The first-order valence-corrected chi connectivity index (χ1v) is 10.4. The minimum Gasteiger partial charge on any atom is -0.318 e. The van der Waals surface area contributed by atoms with E-state index in [2.05, 4.69) is 44.1 Å². The lowest BCUT2D eigenvalue weighted by Gasteiger charge is -2.17. The van der Waals surface area contributed by atoms with Crippen LogP contribution in [0, 0.1) is 33.1 Å². The van der Waals surface area contributed by atoms with E-state index in [1.807, 2.05) is 37.4 Å². The molecule has 4 heteroatoms. The molecule has 2 aromatic carbocycles. The van der Waals surface area contributed by atoms with Crippen LogP contribution in [0.2, 0.25) is 0 Å². The van der Waals surface area contributed by atoms with Gasteiger partial charge in [-0.15, -0.1) is 6.42 Å². The largest absolute Gasteiger partial charge is 0.318 e. The Labute approximate surface area is 183 Å². The Morgan fingerprint density at radius 3 is 2.35 bits per heavy atom. The van der Waals surface area contributed by atoms with Crippen molar-refractivity contribution in [3.63, 3.8) is 0 Å². The predicted octanol–water partition coefficient (Wildman–Crippen LogP) is 4.70. The maximum Gasteiger partial charge on any atom is 0.300 e. The quantitative estimate of drug-likeness (QED) is 0.618. The van der Waals surface area contributed by atoms with Crippen molar-refractivity contribution < 1.29 is 4.79 Å². The van der Waals surface area contributed by atoms with E-state index in [0.29, 0.717) is 12.1 Å². The average molecular weight is 413 g/mol. The Bertz CT molecular complexity index is 1240. The number of amides is 1. The minimum atomic E-state index is -0.487. The van der Waals surface area contributed by atoms with Gasteiger partial charge in [0, 0.05) is 24.5 Å². The molecule has 1 aromatic heterocycles. The smallest absolute Gasteiger partial charge is 0.300 e.